The lowest BCUT2D eigenvalue weighted by Crippen LogP contribution is -2.43. The van der Waals surface area contributed by atoms with Gasteiger partial charge in [-0.25, -0.2) is 0 Å². The number of carbonyl (C=O) groups excluding carboxylic acids is 1. The fourth-order valence-electron chi connectivity index (χ4n) is 2.89. The number of ether oxygens (including phenoxy) is 1. The normalized spacial score (nSPS) is 26.1. The van der Waals surface area contributed by atoms with E-state index in [0.717, 1.165) is 25.7 Å². The van der Waals surface area contributed by atoms with Crippen LogP contribution in [0.1, 0.15) is 46.5 Å². The number of hydrogen-bond acceptors (Lipinski definition) is 3. The zero-order valence-corrected chi connectivity index (χ0v) is 12.2. The molecule has 0 heterocycles. The van der Waals surface area contributed by atoms with Gasteiger partial charge in [0.15, 0.2) is 0 Å². The molecular weight excluding hydrogens is 228 g/mol. The first-order chi connectivity index (χ1) is 8.39. The standard InChI is InChI=1S/C14H28N2O2/c1-10(8-14(2,3)18-4)16-13(17)12-7-5-6-11(12)9-15/h10-12H,5-9,15H2,1-4H3,(H,16,17)/t10?,11-,12-/m1/s1. The molecule has 1 unspecified atom stereocenters. The highest BCUT2D eigenvalue weighted by atomic mass is 16.5. The first-order valence-corrected chi connectivity index (χ1v) is 6.95. The van der Waals surface area contributed by atoms with E-state index in [4.69, 9.17) is 10.5 Å². The third-order valence-corrected chi connectivity index (χ3v) is 4.04. The Labute approximate surface area is 111 Å². The molecule has 1 amide bonds. The Balaban J connectivity index is 2.44. The van der Waals surface area contributed by atoms with Crippen molar-refractivity contribution in [2.45, 2.75) is 58.1 Å². The second kappa shape index (κ2) is 6.53. The number of nitrogens with one attached hydrogen (secondary N) is 1. The van der Waals surface area contributed by atoms with Crippen molar-refractivity contribution in [3.8, 4) is 0 Å². The smallest absolute Gasteiger partial charge is 0.223 e. The summed E-state index contributed by atoms with van der Waals surface area (Å²) in [4.78, 5) is 12.2. The van der Waals surface area contributed by atoms with Crippen LogP contribution in [0.3, 0.4) is 0 Å². The summed E-state index contributed by atoms with van der Waals surface area (Å²) < 4.78 is 5.39. The predicted molar refractivity (Wildman–Crippen MR) is 73.2 cm³/mol. The van der Waals surface area contributed by atoms with Crippen LogP contribution in [0.4, 0.5) is 0 Å². The van der Waals surface area contributed by atoms with Crippen LogP contribution in [0.25, 0.3) is 0 Å². The molecule has 0 aromatic carbocycles. The van der Waals surface area contributed by atoms with Gasteiger partial charge >= 0.3 is 0 Å². The van der Waals surface area contributed by atoms with Crippen molar-refractivity contribution in [2.24, 2.45) is 17.6 Å². The summed E-state index contributed by atoms with van der Waals surface area (Å²) in [6.07, 6.45) is 4.01. The summed E-state index contributed by atoms with van der Waals surface area (Å²) in [6, 6.07) is 0.131. The summed E-state index contributed by atoms with van der Waals surface area (Å²) in [5.41, 5.74) is 5.52. The molecule has 1 rings (SSSR count). The average Bonchev–Trinajstić information content (AvgIpc) is 2.76. The molecule has 0 bridgehead atoms. The Morgan fingerprint density at radius 2 is 2.17 bits per heavy atom. The molecular formula is C14H28N2O2. The highest BCUT2D eigenvalue weighted by molar-refractivity contribution is 5.79. The van der Waals surface area contributed by atoms with Gasteiger partial charge in [0.2, 0.25) is 5.91 Å². The zero-order valence-electron chi connectivity index (χ0n) is 12.2. The van der Waals surface area contributed by atoms with E-state index in [2.05, 4.69) is 5.32 Å². The second-order valence-electron chi connectivity index (χ2n) is 6.11. The summed E-state index contributed by atoms with van der Waals surface area (Å²) in [5, 5.41) is 3.10. The Hall–Kier alpha value is -0.610. The van der Waals surface area contributed by atoms with Crippen molar-refractivity contribution < 1.29 is 9.53 Å². The van der Waals surface area contributed by atoms with Crippen molar-refractivity contribution in [3.05, 3.63) is 0 Å². The third kappa shape index (κ3) is 4.25. The molecule has 1 aliphatic carbocycles. The van der Waals surface area contributed by atoms with Crippen molar-refractivity contribution >= 4 is 5.91 Å². The molecule has 3 N–H and O–H groups in total. The molecule has 1 saturated carbocycles. The monoisotopic (exact) mass is 256 g/mol. The van der Waals surface area contributed by atoms with Crippen LogP contribution < -0.4 is 11.1 Å². The Morgan fingerprint density at radius 1 is 1.50 bits per heavy atom. The van der Waals surface area contributed by atoms with E-state index in [-0.39, 0.29) is 23.5 Å². The van der Waals surface area contributed by atoms with Gasteiger partial charge in [-0.3, -0.25) is 4.79 Å². The van der Waals surface area contributed by atoms with E-state index >= 15 is 0 Å². The van der Waals surface area contributed by atoms with Gasteiger partial charge in [0, 0.05) is 19.1 Å². The Kier molecular flexibility index (Phi) is 5.60. The molecule has 3 atom stereocenters. The summed E-state index contributed by atoms with van der Waals surface area (Å²) in [7, 11) is 1.70. The van der Waals surface area contributed by atoms with Gasteiger partial charge in [0.05, 0.1) is 5.60 Å². The first-order valence-electron chi connectivity index (χ1n) is 6.95. The molecule has 0 spiro atoms. The predicted octanol–water partition coefficient (Wildman–Crippen LogP) is 1.68. The van der Waals surface area contributed by atoms with Gasteiger partial charge in [-0.2, -0.15) is 0 Å². The molecule has 106 valence electrons. The van der Waals surface area contributed by atoms with Gasteiger partial charge in [0.1, 0.15) is 0 Å². The van der Waals surface area contributed by atoms with Gasteiger partial charge in [0.25, 0.3) is 0 Å². The maximum absolute atomic E-state index is 12.2. The number of carbonyl (C=O) groups is 1. The topological polar surface area (TPSA) is 64.3 Å². The number of hydrogen-bond donors (Lipinski definition) is 2. The molecule has 1 fully saturated rings. The minimum Gasteiger partial charge on any atom is -0.379 e. The lowest BCUT2D eigenvalue weighted by Gasteiger charge is -2.28. The van der Waals surface area contributed by atoms with Crippen LogP contribution in [0.5, 0.6) is 0 Å². The van der Waals surface area contributed by atoms with E-state index < -0.39 is 0 Å². The minimum atomic E-state index is -0.199. The fourth-order valence-corrected chi connectivity index (χ4v) is 2.89. The SMILES string of the molecule is COC(C)(C)CC(C)NC(=O)[C@@H]1CCC[C@@H]1CN. The molecule has 0 aliphatic heterocycles. The first kappa shape index (κ1) is 15.4. The number of rotatable bonds is 6. The highest BCUT2D eigenvalue weighted by Gasteiger charge is 2.33. The van der Waals surface area contributed by atoms with Crippen molar-refractivity contribution in [1.29, 1.82) is 0 Å². The van der Waals surface area contributed by atoms with Crippen molar-refractivity contribution in [3.63, 3.8) is 0 Å². The number of nitrogens with two attached hydrogens (primary N) is 1. The molecule has 4 nitrogen and oxygen atoms in total. The van der Waals surface area contributed by atoms with Gasteiger partial charge in [-0.15, -0.1) is 0 Å². The summed E-state index contributed by atoms with van der Waals surface area (Å²) >= 11 is 0. The molecule has 0 aromatic rings. The van der Waals surface area contributed by atoms with Crippen LogP contribution >= 0.6 is 0 Å². The largest absolute Gasteiger partial charge is 0.379 e. The molecule has 18 heavy (non-hydrogen) atoms. The zero-order chi connectivity index (χ0) is 13.8. The maximum Gasteiger partial charge on any atom is 0.223 e. The van der Waals surface area contributed by atoms with Gasteiger partial charge in [-0.1, -0.05) is 6.42 Å². The van der Waals surface area contributed by atoms with Crippen LogP contribution in [0.15, 0.2) is 0 Å². The second-order valence-corrected chi connectivity index (χ2v) is 6.11. The van der Waals surface area contributed by atoms with E-state index in [9.17, 15) is 4.79 Å². The van der Waals surface area contributed by atoms with Crippen LogP contribution in [0.2, 0.25) is 0 Å². The lowest BCUT2D eigenvalue weighted by atomic mass is 9.94. The quantitative estimate of drug-likeness (QED) is 0.760. The molecule has 0 saturated heterocycles. The van der Waals surface area contributed by atoms with E-state index in [0.29, 0.717) is 12.5 Å². The summed E-state index contributed by atoms with van der Waals surface area (Å²) in [5.74, 6) is 0.651. The lowest BCUT2D eigenvalue weighted by molar-refractivity contribution is -0.127. The third-order valence-electron chi connectivity index (χ3n) is 4.04. The summed E-state index contributed by atoms with van der Waals surface area (Å²) in [6.45, 7) is 6.73. The van der Waals surface area contributed by atoms with Gasteiger partial charge in [-0.05, 0) is 52.5 Å². The molecule has 0 radical (unpaired) electrons. The van der Waals surface area contributed by atoms with E-state index in [1.807, 2.05) is 20.8 Å². The molecule has 1 aliphatic rings. The minimum absolute atomic E-state index is 0.114. The number of methoxy groups -OCH3 is 1. The number of amides is 1. The highest BCUT2D eigenvalue weighted by Crippen LogP contribution is 2.31. The Bertz CT molecular complexity index is 279. The Morgan fingerprint density at radius 3 is 2.72 bits per heavy atom. The van der Waals surface area contributed by atoms with Crippen molar-refractivity contribution in [1.82, 2.24) is 5.32 Å². The van der Waals surface area contributed by atoms with Crippen LogP contribution in [0, 0.1) is 11.8 Å². The van der Waals surface area contributed by atoms with Crippen LogP contribution in [-0.2, 0) is 9.53 Å². The van der Waals surface area contributed by atoms with E-state index in [1.165, 1.54) is 0 Å². The van der Waals surface area contributed by atoms with Gasteiger partial charge < -0.3 is 15.8 Å². The average molecular weight is 256 g/mol. The van der Waals surface area contributed by atoms with Crippen LogP contribution in [-0.4, -0.2) is 31.2 Å². The molecule has 0 aromatic heterocycles. The maximum atomic E-state index is 12.2. The fraction of sp³-hybridized carbons (Fsp3) is 0.929. The molecule has 4 heteroatoms. The van der Waals surface area contributed by atoms with Crippen molar-refractivity contribution in [2.75, 3.05) is 13.7 Å². The van der Waals surface area contributed by atoms with E-state index in [1.54, 1.807) is 7.11 Å².